The van der Waals surface area contributed by atoms with Crippen LogP contribution in [0.2, 0.25) is 0 Å². The van der Waals surface area contributed by atoms with Crippen molar-refractivity contribution in [1.29, 1.82) is 0 Å². The van der Waals surface area contributed by atoms with E-state index in [2.05, 4.69) is 10.6 Å². The average Bonchev–Trinajstić information content (AvgIpc) is 2.92. The second kappa shape index (κ2) is 5.51. The summed E-state index contributed by atoms with van der Waals surface area (Å²) in [5, 5.41) is 6.01. The number of rotatable bonds is 4. The van der Waals surface area contributed by atoms with Crippen LogP contribution in [0.25, 0.3) is 0 Å². The highest BCUT2D eigenvalue weighted by molar-refractivity contribution is 6.02. The van der Waals surface area contributed by atoms with E-state index in [1.165, 1.54) is 6.26 Å². The van der Waals surface area contributed by atoms with Crippen LogP contribution in [0.4, 0.5) is 5.69 Å². The summed E-state index contributed by atoms with van der Waals surface area (Å²) in [7, 11) is 1.88. The fraction of sp³-hybridized carbons (Fsp3) is 0.214. The van der Waals surface area contributed by atoms with Crippen LogP contribution in [0, 0.1) is 0 Å². The third-order valence-electron chi connectivity index (χ3n) is 2.85. The minimum absolute atomic E-state index is 0.165. The molecule has 0 aliphatic heterocycles. The Morgan fingerprint density at radius 1 is 1.22 bits per heavy atom. The molecular weight excluding hydrogens is 228 g/mol. The van der Waals surface area contributed by atoms with E-state index in [-0.39, 0.29) is 11.9 Å². The Bertz CT molecular complexity index is 520. The first-order valence-electron chi connectivity index (χ1n) is 5.83. The zero-order chi connectivity index (χ0) is 13.0. The Morgan fingerprint density at radius 2 is 2.00 bits per heavy atom. The van der Waals surface area contributed by atoms with Crippen molar-refractivity contribution in [2.75, 3.05) is 12.4 Å². The molecule has 0 spiro atoms. The predicted octanol–water partition coefficient (Wildman–Crippen LogP) is 2.81. The van der Waals surface area contributed by atoms with E-state index in [0.717, 1.165) is 11.3 Å². The van der Waals surface area contributed by atoms with E-state index in [0.29, 0.717) is 5.76 Å². The molecular formula is C14H16N2O2. The Labute approximate surface area is 106 Å². The van der Waals surface area contributed by atoms with Gasteiger partial charge in [-0.1, -0.05) is 18.2 Å². The van der Waals surface area contributed by atoms with Gasteiger partial charge in [0.2, 0.25) is 0 Å². The molecule has 1 atom stereocenters. The lowest BCUT2D eigenvalue weighted by atomic mass is 10.1. The van der Waals surface area contributed by atoms with Gasteiger partial charge in [0.25, 0.3) is 5.91 Å². The number of anilines is 1. The summed E-state index contributed by atoms with van der Waals surface area (Å²) in [6.45, 7) is 2.04. The Morgan fingerprint density at radius 3 is 2.67 bits per heavy atom. The Balaban J connectivity index is 2.21. The van der Waals surface area contributed by atoms with Gasteiger partial charge in [0, 0.05) is 11.7 Å². The number of para-hydroxylation sites is 1. The van der Waals surface area contributed by atoms with Crippen molar-refractivity contribution < 1.29 is 9.21 Å². The largest absolute Gasteiger partial charge is 0.459 e. The standard InChI is InChI=1S/C14H16N2O2/c1-10(15-2)11-6-3-4-7-12(11)16-14(17)13-8-5-9-18-13/h3-10,15H,1-2H3,(H,16,17). The first-order valence-corrected chi connectivity index (χ1v) is 5.83. The molecule has 1 aromatic carbocycles. The molecule has 1 heterocycles. The van der Waals surface area contributed by atoms with E-state index in [1.54, 1.807) is 12.1 Å². The maximum atomic E-state index is 11.9. The molecule has 1 unspecified atom stereocenters. The fourth-order valence-corrected chi connectivity index (χ4v) is 1.74. The first kappa shape index (κ1) is 12.4. The van der Waals surface area contributed by atoms with E-state index in [1.807, 2.05) is 38.2 Å². The van der Waals surface area contributed by atoms with Crippen LogP contribution in [-0.2, 0) is 0 Å². The maximum absolute atomic E-state index is 11.9. The van der Waals surface area contributed by atoms with Gasteiger partial charge in [0.15, 0.2) is 5.76 Å². The number of benzene rings is 1. The van der Waals surface area contributed by atoms with Crippen LogP contribution >= 0.6 is 0 Å². The van der Waals surface area contributed by atoms with Crippen LogP contribution < -0.4 is 10.6 Å². The summed E-state index contributed by atoms with van der Waals surface area (Å²) in [6.07, 6.45) is 1.48. The number of carbonyl (C=O) groups is 1. The van der Waals surface area contributed by atoms with Gasteiger partial charge in [-0.25, -0.2) is 0 Å². The van der Waals surface area contributed by atoms with Crippen LogP contribution in [-0.4, -0.2) is 13.0 Å². The third-order valence-corrected chi connectivity index (χ3v) is 2.85. The lowest BCUT2D eigenvalue weighted by Crippen LogP contribution is -2.17. The predicted molar refractivity (Wildman–Crippen MR) is 70.6 cm³/mol. The van der Waals surface area contributed by atoms with Gasteiger partial charge in [-0.3, -0.25) is 4.79 Å². The molecule has 0 saturated heterocycles. The highest BCUT2D eigenvalue weighted by atomic mass is 16.3. The monoisotopic (exact) mass is 244 g/mol. The smallest absolute Gasteiger partial charge is 0.291 e. The minimum Gasteiger partial charge on any atom is -0.459 e. The highest BCUT2D eigenvalue weighted by Gasteiger charge is 2.13. The summed E-state index contributed by atoms with van der Waals surface area (Å²) in [4.78, 5) is 11.9. The molecule has 0 radical (unpaired) electrons. The van der Waals surface area contributed by atoms with E-state index in [9.17, 15) is 4.79 Å². The molecule has 0 saturated carbocycles. The molecule has 0 aliphatic carbocycles. The van der Waals surface area contributed by atoms with E-state index in [4.69, 9.17) is 4.42 Å². The van der Waals surface area contributed by atoms with Crippen LogP contribution in [0.1, 0.15) is 29.1 Å². The molecule has 2 aromatic rings. The van der Waals surface area contributed by atoms with Gasteiger partial charge in [-0.15, -0.1) is 0 Å². The quantitative estimate of drug-likeness (QED) is 0.869. The highest BCUT2D eigenvalue weighted by Crippen LogP contribution is 2.22. The third kappa shape index (κ3) is 2.60. The van der Waals surface area contributed by atoms with Gasteiger partial charge in [-0.2, -0.15) is 0 Å². The Kier molecular flexibility index (Phi) is 3.79. The van der Waals surface area contributed by atoms with Crippen molar-refractivity contribution in [2.45, 2.75) is 13.0 Å². The average molecular weight is 244 g/mol. The van der Waals surface area contributed by atoms with E-state index >= 15 is 0 Å². The van der Waals surface area contributed by atoms with Crippen LogP contribution in [0.5, 0.6) is 0 Å². The van der Waals surface area contributed by atoms with Crippen molar-refractivity contribution in [3.8, 4) is 0 Å². The fourth-order valence-electron chi connectivity index (χ4n) is 1.74. The molecule has 4 nitrogen and oxygen atoms in total. The number of furan rings is 1. The molecule has 1 aromatic heterocycles. The number of hydrogen-bond donors (Lipinski definition) is 2. The summed E-state index contributed by atoms with van der Waals surface area (Å²) in [6, 6.07) is 11.2. The summed E-state index contributed by atoms with van der Waals surface area (Å²) in [5.41, 5.74) is 1.83. The van der Waals surface area contributed by atoms with Gasteiger partial charge in [0.1, 0.15) is 0 Å². The summed E-state index contributed by atoms with van der Waals surface area (Å²) >= 11 is 0. The van der Waals surface area contributed by atoms with Gasteiger partial charge in [-0.05, 0) is 37.7 Å². The van der Waals surface area contributed by atoms with Crippen molar-refractivity contribution in [3.05, 3.63) is 54.0 Å². The molecule has 2 N–H and O–H groups in total. The second-order valence-electron chi connectivity index (χ2n) is 4.03. The molecule has 0 aliphatic rings. The minimum atomic E-state index is -0.240. The second-order valence-corrected chi connectivity index (χ2v) is 4.03. The van der Waals surface area contributed by atoms with Crippen molar-refractivity contribution >= 4 is 11.6 Å². The van der Waals surface area contributed by atoms with Gasteiger partial charge < -0.3 is 15.1 Å². The molecule has 18 heavy (non-hydrogen) atoms. The SMILES string of the molecule is CNC(C)c1ccccc1NC(=O)c1ccco1. The maximum Gasteiger partial charge on any atom is 0.291 e. The topological polar surface area (TPSA) is 54.3 Å². The zero-order valence-electron chi connectivity index (χ0n) is 10.4. The number of amides is 1. The van der Waals surface area contributed by atoms with E-state index < -0.39 is 0 Å². The normalized spacial score (nSPS) is 12.1. The molecule has 2 rings (SSSR count). The van der Waals surface area contributed by atoms with Crippen molar-refractivity contribution in [3.63, 3.8) is 0 Å². The van der Waals surface area contributed by atoms with Gasteiger partial charge in [0.05, 0.1) is 6.26 Å². The lowest BCUT2D eigenvalue weighted by Gasteiger charge is -2.15. The van der Waals surface area contributed by atoms with Crippen molar-refractivity contribution in [1.82, 2.24) is 5.32 Å². The van der Waals surface area contributed by atoms with Crippen LogP contribution in [0.3, 0.4) is 0 Å². The van der Waals surface area contributed by atoms with Gasteiger partial charge >= 0.3 is 0 Å². The molecule has 0 bridgehead atoms. The first-order chi connectivity index (χ1) is 8.72. The zero-order valence-corrected chi connectivity index (χ0v) is 10.4. The molecule has 1 amide bonds. The number of hydrogen-bond acceptors (Lipinski definition) is 3. The van der Waals surface area contributed by atoms with Crippen molar-refractivity contribution in [2.24, 2.45) is 0 Å². The molecule has 4 heteroatoms. The van der Waals surface area contributed by atoms with Crippen LogP contribution in [0.15, 0.2) is 47.1 Å². The Hall–Kier alpha value is -2.07. The summed E-state index contributed by atoms with van der Waals surface area (Å²) in [5.74, 6) is 0.0673. The summed E-state index contributed by atoms with van der Waals surface area (Å²) < 4.78 is 5.07. The number of nitrogens with one attached hydrogen (secondary N) is 2. The number of carbonyl (C=O) groups excluding carboxylic acids is 1. The molecule has 0 fully saturated rings. The molecule has 94 valence electrons. The lowest BCUT2D eigenvalue weighted by molar-refractivity contribution is 0.0996.